The third kappa shape index (κ3) is 3.53. The topological polar surface area (TPSA) is 60.4 Å². The van der Waals surface area contributed by atoms with Crippen molar-refractivity contribution in [2.45, 2.75) is 17.1 Å². The van der Waals surface area contributed by atoms with E-state index in [1.165, 1.54) is 10.5 Å². The summed E-state index contributed by atoms with van der Waals surface area (Å²) in [5.41, 5.74) is -0.159. The number of thioether (sulfide) groups is 1. The number of hydrogen-bond donors (Lipinski definition) is 0. The van der Waals surface area contributed by atoms with Gasteiger partial charge in [0.05, 0.1) is 10.6 Å². The molecule has 0 bridgehead atoms. The lowest BCUT2D eigenvalue weighted by Gasteiger charge is -2.10. The van der Waals surface area contributed by atoms with Gasteiger partial charge in [-0.15, -0.1) is 10.2 Å². The van der Waals surface area contributed by atoms with E-state index in [0.717, 1.165) is 40.2 Å². The number of benzene rings is 2. The molecule has 31 heavy (non-hydrogen) atoms. The van der Waals surface area contributed by atoms with Crippen LogP contribution in [0.2, 0.25) is 5.02 Å². The maximum absolute atomic E-state index is 13.2. The Labute approximate surface area is 181 Å². The van der Waals surface area contributed by atoms with Gasteiger partial charge in [0.2, 0.25) is 0 Å². The van der Waals surface area contributed by atoms with Gasteiger partial charge >= 0.3 is 11.8 Å². The molecule has 156 valence electrons. The van der Waals surface area contributed by atoms with Crippen LogP contribution < -0.4 is 5.63 Å². The van der Waals surface area contributed by atoms with Gasteiger partial charge < -0.3 is 4.42 Å². The van der Waals surface area contributed by atoms with E-state index in [1.54, 1.807) is 6.07 Å². The second kappa shape index (κ2) is 7.28. The molecule has 5 aromatic rings. The van der Waals surface area contributed by atoms with Gasteiger partial charge in [-0.1, -0.05) is 53.7 Å². The van der Waals surface area contributed by atoms with Crippen LogP contribution in [0.15, 0.2) is 69.1 Å². The normalized spacial score (nSPS) is 12.3. The van der Waals surface area contributed by atoms with Gasteiger partial charge in [-0.25, -0.2) is 4.79 Å². The van der Waals surface area contributed by atoms with Crippen LogP contribution in [-0.2, 0) is 11.9 Å². The van der Waals surface area contributed by atoms with E-state index in [-0.39, 0.29) is 21.6 Å². The van der Waals surface area contributed by atoms with Crippen LogP contribution in [0.25, 0.3) is 27.4 Å². The Bertz CT molecular complexity index is 1530. The van der Waals surface area contributed by atoms with Crippen molar-refractivity contribution in [3.63, 3.8) is 0 Å². The van der Waals surface area contributed by atoms with Crippen molar-refractivity contribution < 1.29 is 17.6 Å². The Hall–Kier alpha value is -3.04. The van der Waals surface area contributed by atoms with E-state index in [2.05, 4.69) is 10.2 Å². The summed E-state index contributed by atoms with van der Waals surface area (Å²) in [7, 11) is 0. The molecule has 3 aromatic heterocycles. The number of fused-ring (bicyclic) bond motifs is 4. The Morgan fingerprint density at radius 1 is 1.10 bits per heavy atom. The zero-order valence-corrected chi connectivity index (χ0v) is 17.1. The second-order valence-electron chi connectivity index (χ2n) is 6.79. The highest BCUT2D eigenvalue weighted by atomic mass is 35.5. The van der Waals surface area contributed by atoms with Crippen LogP contribution in [-0.4, -0.2) is 14.6 Å². The van der Waals surface area contributed by atoms with Gasteiger partial charge in [-0.05, 0) is 28.5 Å². The molecule has 10 heteroatoms. The molecule has 3 heterocycles. The van der Waals surface area contributed by atoms with Gasteiger partial charge in [-0.2, -0.15) is 13.2 Å². The predicted molar refractivity (Wildman–Crippen MR) is 113 cm³/mol. The molecule has 0 aliphatic carbocycles. The summed E-state index contributed by atoms with van der Waals surface area (Å²) >= 11 is 7.13. The minimum Gasteiger partial charge on any atom is -0.423 e. The zero-order chi connectivity index (χ0) is 21.8. The van der Waals surface area contributed by atoms with Crippen molar-refractivity contribution >= 4 is 50.8 Å². The van der Waals surface area contributed by atoms with Crippen molar-refractivity contribution in [3.8, 4) is 0 Å². The number of hydrogen-bond acceptors (Lipinski definition) is 5. The number of pyridine rings is 1. The van der Waals surface area contributed by atoms with Crippen molar-refractivity contribution in [1.82, 2.24) is 14.6 Å². The van der Waals surface area contributed by atoms with Crippen molar-refractivity contribution in [2.24, 2.45) is 0 Å². The monoisotopic (exact) mass is 461 g/mol. The molecule has 0 spiro atoms. The molecule has 0 amide bonds. The first kappa shape index (κ1) is 19.9. The van der Waals surface area contributed by atoms with Gasteiger partial charge in [0.15, 0.2) is 10.8 Å². The largest absolute Gasteiger partial charge is 0.423 e. The van der Waals surface area contributed by atoms with E-state index >= 15 is 0 Å². The Balaban J connectivity index is 1.60. The Morgan fingerprint density at radius 3 is 2.71 bits per heavy atom. The lowest BCUT2D eigenvalue weighted by molar-refractivity contribution is -0.137. The van der Waals surface area contributed by atoms with Crippen LogP contribution in [0.5, 0.6) is 0 Å². The number of halogens is 4. The van der Waals surface area contributed by atoms with E-state index < -0.39 is 17.4 Å². The van der Waals surface area contributed by atoms with Crippen LogP contribution in [0.1, 0.15) is 11.1 Å². The standard InChI is InChI=1S/C21H11ClF3N3O2S/c22-15-8-13(21(23,24)25)9-28-19(15)26-27-20(28)31-10-12-7-17(29)30-16-6-5-11-3-1-2-4-14(11)18(12)16/h1-9H,10H2. The fraction of sp³-hybridized carbons (Fsp3) is 0.0952. The minimum atomic E-state index is -4.56. The molecular formula is C21H11ClF3N3O2S. The molecule has 0 N–H and O–H groups in total. The van der Waals surface area contributed by atoms with Gasteiger partial charge in [-0.3, -0.25) is 4.40 Å². The molecule has 5 nitrogen and oxygen atoms in total. The van der Waals surface area contributed by atoms with Crippen LogP contribution in [0, 0.1) is 0 Å². The summed E-state index contributed by atoms with van der Waals surface area (Å²) in [5.74, 6) is 0.269. The fourth-order valence-corrected chi connectivity index (χ4v) is 4.60. The fourth-order valence-electron chi connectivity index (χ4n) is 3.46. The van der Waals surface area contributed by atoms with E-state index in [4.69, 9.17) is 16.0 Å². The molecule has 0 fully saturated rings. The molecule has 0 saturated carbocycles. The van der Waals surface area contributed by atoms with E-state index in [9.17, 15) is 18.0 Å². The molecule has 2 aromatic carbocycles. The minimum absolute atomic E-state index is 0.125. The SMILES string of the molecule is O=c1cc(CSc2nnc3c(Cl)cc(C(F)(F)F)cn23)c2c(ccc3ccccc32)o1. The second-order valence-corrected chi connectivity index (χ2v) is 8.14. The third-order valence-corrected chi connectivity index (χ3v) is 6.10. The summed E-state index contributed by atoms with van der Waals surface area (Å²) < 4.78 is 46.1. The molecule has 5 rings (SSSR count). The molecule has 0 radical (unpaired) electrons. The zero-order valence-electron chi connectivity index (χ0n) is 15.5. The summed E-state index contributed by atoms with van der Waals surface area (Å²) in [6, 6.07) is 13.5. The van der Waals surface area contributed by atoms with Crippen molar-refractivity contribution in [2.75, 3.05) is 0 Å². The first-order valence-electron chi connectivity index (χ1n) is 9.00. The molecule has 0 atom stereocenters. The predicted octanol–water partition coefficient (Wildman–Crippen LogP) is 5.95. The lowest BCUT2D eigenvalue weighted by Crippen LogP contribution is -2.07. The Kier molecular flexibility index (Phi) is 4.67. The number of aromatic nitrogens is 3. The maximum atomic E-state index is 13.2. The molecular weight excluding hydrogens is 451 g/mol. The van der Waals surface area contributed by atoms with Crippen molar-refractivity contribution in [3.05, 3.63) is 81.3 Å². The van der Waals surface area contributed by atoms with Crippen molar-refractivity contribution in [1.29, 1.82) is 0 Å². The maximum Gasteiger partial charge on any atom is 0.417 e. The smallest absolute Gasteiger partial charge is 0.417 e. The highest BCUT2D eigenvalue weighted by molar-refractivity contribution is 7.98. The highest BCUT2D eigenvalue weighted by Crippen LogP contribution is 2.35. The van der Waals surface area contributed by atoms with Crippen LogP contribution >= 0.6 is 23.4 Å². The van der Waals surface area contributed by atoms with Gasteiger partial charge in [0.25, 0.3) is 0 Å². The summed E-state index contributed by atoms with van der Waals surface area (Å²) in [5, 5.41) is 10.6. The summed E-state index contributed by atoms with van der Waals surface area (Å²) in [6.45, 7) is 0. The number of alkyl halides is 3. The average molecular weight is 462 g/mol. The molecule has 0 aliphatic heterocycles. The first-order chi connectivity index (χ1) is 14.8. The third-order valence-electron chi connectivity index (χ3n) is 4.83. The van der Waals surface area contributed by atoms with Crippen LogP contribution in [0.4, 0.5) is 13.2 Å². The quantitative estimate of drug-likeness (QED) is 0.189. The highest BCUT2D eigenvalue weighted by Gasteiger charge is 2.32. The summed E-state index contributed by atoms with van der Waals surface area (Å²) in [4.78, 5) is 12.1. The molecule has 0 aliphatic rings. The lowest BCUT2D eigenvalue weighted by atomic mass is 10.0. The first-order valence-corrected chi connectivity index (χ1v) is 10.4. The summed E-state index contributed by atoms with van der Waals surface area (Å²) in [6.07, 6.45) is -3.64. The van der Waals surface area contributed by atoms with Gasteiger partial charge in [0, 0.05) is 23.4 Å². The van der Waals surface area contributed by atoms with Crippen LogP contribution in [0.3, 0.4) is 0 Å². The molecule has 0 saturated heterocycles. The number of rotatable bonds is 3. The van der Waals surface area contributed by atoms with Gasteiger partial charge in [0.1, 0.15) is 5.58 Å². The number of nitrogens with zero attached hydrogens (tertiary/aromatic N) is 3. The molecule has 0 unspecified atom stereocenters. The van der Waals surface area contributed by atoms with E-state index in [1.807, 2.05) is 30.3 Å². The average Bonchev–Trinajstić information content (AvgIpc) is 3.14. The Morgan fingerprint density at radius 2 is 1.90 bits per heavy atom. The van der Waals surface area contributed by atoms with E-state index in [0.29, 0.717) is 11.1 Å².